The molecule has 4 nitrogen and oxygen atoms in total. The molecule has 0 atom stereocenters. The fourth-order valence-corrected chi connectivity index (χ4v) is 2.59. The molecule has 0 bridgehead atoms. The minimum atomic E-state index is -0.309. The van der Waals surface area contributed by atoms with Crippen LogP contribution >= 0.6 is 0 Å². The molecule has 0 spiro atoms. The quantitative estimate of drug-likeness (QED) is 0.872. The summed E-state index contributed by atoms with van der Waals surface area (Å²) in [7, 11) is 0. The highest BCUT2D eigenvalue weighted by atomic mass is 19.1. The lowest BCUT2D eigenvalue weighted by atomic mass is 9.93. The number of nitrogens with zero attached hydrogens (tertiary/aromatic N) is 2. The van der Waals surface area contributed by atoms with Gasteiger partial charge < -0.3 is 10.4 Å². The van der Waals surface area contributed by atoms with Crippen LogP contribution in [0.4, 0.5) is 10.2 Å². The number of hydrogen-bond acceptors (Lipinski definition) is 4. The highest BCUT2D eigenvalue weighted by molar-refractivity contribution is 5.89. The van der Waals surface area contributed by atoms with Gasteiger partial charge in [0.2, 0.25) is 0 Å². The minimum absolute atomic E-state index is 0.197. The van der Waals surface area contributed by atoms with Gasteiger partial charge in [0, 0.05) is 6.04 Å². The van der Waals surface area contributed by atoms with Gasteiger partial charge in [0.15, 0.2) is 0 Å². The maximum absolute atomic E-state index is 13.9. The first kappa shape index (κ1) is 12.3. The Morgan fingerprint density at radius 3 is 2.74 bits per heavy atom. The van der Waals surface area contributed by atoms with Gasteiger partial charge in [-0.1, -0.05) is 6.07 Å². The second-order valence-corrected chi connectivity index (χ2v) is 5.01. The Morgan fingerprint density at radius 1 is 1.16 bits per heavy atom. The lowest BCUT2D eigenvalue weighted by Crippen LogP contribution is -2.28. The van der Waals surface area contributed by atoms with E-state index in [1.807, 2.05) is 0 Å². The van der Waals surface area contributed by atoms with Crippen LogP contribution in [0.3, 0.4) is 0 Å². The van der Waals surface area contributed by atoms with Gasteiger partial charge in [-0.3, -0.25) is 0 Å². The number of aromatic nitrogens is 2. The van der Waals surface area contributed by atoms with Gasteiger partial charge in [0.1, 0.15) is 18.0 Å². The molecule has 1 heterocycles. The first-order valence-corrected chi connectivity index (χ1v) is 6.58. The average Bonchev–Trinajstić information content (AvgIpc) is 2.42. The standard InChI is InChI=1S/C14H16FN3O/c15-11-2-1-3-12-13(11)14(17-8-16-12)18-9-4-6-10(19)7-5-9/h1-3,8-10,19H,4-7H2,(H,16,17,18). The molecule has 1 aliphatic rings. The van der Waals surface area contributed by atoms with Crippen molar-refractivity contribution in [2.45, 2.75) is 37.8 Å². The van der Waals surface area contributed by atoms with E-state index in [-0.39, 0.29) is 18.0 Å². The molecule has 2 aromatic rings. The Labute approximate surface area is 110 Å². The number of hydrogen-bond donors (Lipinski definition) is 2. The van der Waals surface area contributed by atoms with Crippen molar-refractivity contribution in [3.8, 4) is 0 Å². The van der Waals surface area contributed by atoms with Crippen LogP contribution in [-0.2, 0) is 0 Å². The smallest absolute Gasteiger partial charge is 0.140 e. The van der Waals surface area contributed by atoms with Gasteiger partial charge in [-0.05, 0) is 37.8 Å². The maximum atomic E-state index is 13.9. The fraction of sp³-hybridized carbons (Fsp3) is 0.429. The summed E-state index contributed by atoms with van der Waals surface area (Å²) in [5, 5.41) is 13.2. The molecule has 0 aliphatic heterocycles. The summed E-state index contributed by atoms with van der Waals surface area (Å²) in [5.74, 6) is 0.237. The number of nitrogens with one attached hydrogen (secondary N) is 1. The zero-order chi connectivity index (χ0) is 13.2. The van der Waals surface area contributed by atoms with Crippen molar-refractivity contribution >= 4 is 16.7 Å². The van der Waals surface area contributed by atoms with E-state index in [1.54, 1.807) is 12.1 Å². The van der Waals surface area contributed by atoms with E-state index in [2.05, 4.69) is 15.3 Å². The van der Waals surface area contributed by atoms with Gasteiger partial charge in [-0.25, -0.2) is 14.4 Å². The molecule has 1 aliphatic carbocycles. The number of benzene rings is 1. The largest absolute Gasteiger partial charge is 0.393 e. The van der Waals surface area contributed by atoms with Crippen molar-refractivity contribution in [3.63, 3.8) is 0 Å². The highest BCUT2D eigenvalue weighted by Gasteiger charge is 2.20. The zero-order valence-electron chi connectivity index (χ0n) is 10.5. The Bertz CT molecular complexity index is 577. The van der Waals surface area contributed by atoms with Crippen molar-refractivity contribution in [3.05, 3.63) is 30.3 Å². The van der Waals surface area contributed by atoms with Crippen LogP contribution in [0.25, 0.3) is 10.9 Å². The molecule has 3 rings (SSSR count). The Hall–Kier alpha value is -1.75. The molecule has 2 N–H and O–H groups in total. The second-order valence-electron chi connectivity index (χ2n) is 5.01. The van der Waals surface area contributed by atoms with Gasteiger partial charge >= 0.3 is 0 Å². The van der Waals surface area contributed by atoms with Gasteiger partial charge in [0.25, 0.3) is 0 Å². The molecular formula is C14H16FN3O. The summed E-state index contributed by atoms with van der Waals surface area (Å²) in [6.07, 6.45) is 4.56. The first-order chi connectivity index (χ1) is 9.24. The number of fused-ring (bicyclic) bond motifs is 1. The topological polar surface area (TPSA) is 58.0 Å². The lowest BCUT2D eigenvalue weighted by Gasteiger charge is -2.26. The monoisotopic (exact) mass is 261 g/mol. The molecule has 1 aromatic carbocycles. The maximum Gasteiger partial charge on any atom is 0.140 e. The van der Waals surface area contributed by atoms with E-state index in [0.717, 1.165) is 25.7 Å². The van der Waals surface area contributed by atoms with Crippen LogP contribution < -0.4 is 5.32 Å². The van der Waals surface area contributed by atoms with Crippen LogP contribution in [0.5, 0.6) is 0 Å². The van der Waals surface area contributed by atoms with Crippen molar-refractivity contribution in [1.82, 2.24) is 9.97 Å². The normalized spacial score (nSPS) is 23.5. The molecule has 100 valence electrons. The SMILES string of the molecule is OC1CCC(Nc2ncnc3cccc(F)c23)CC1. The lowest BCUT2D eigenvalue weighted by molar-refractivity contribution is 0.126. The highest BCUT2D eigenvalue weighted by Crippen LogP contribution is 2.26. The second kappa shape index (κ2) is 5.09. The molecule has 0 saturated heterocycles. The predicted molar refractivity (Wildman–Crippen MR) is 71.4 cm³/mol. The van der Waals surface area contributed by atoms with Crippen molar-refractivity contribution in [2.24, 2.45) is 0 Å². The van der Waals surface area contributed by atoms with Crippen LogP contribution in [0.2, 0.25) is 0 Å². The Morgan fingerprint density at radius 2 is 1.95 bits per heavy atom. The zero-order valence-corrected chi connectivity index (χ0v) is 10.5. The van der Waals surface area contributed by atoms with Crippen molar-refractivity contribution < 1.29 is 9.50 Å². The third-order valence-electron chi connectivity index (χ3n) is 3.65. The molecule has 0 unspecified atom stereocenters. The van der Waals surface area contributed by atoms with Crippen molar-refractivity contribution in [2.75, 3.05) is 5.32 Å². The van der Waals surface area contributed by atoms with Crippen molar-refractivity contribution in [1.29, 1.82) is 0 Å². The van der Waals surface area contributed by atoms with E-state index in [4.69, 9.17) is 0 Å². The summed E-state index contributed by atoms with van der Waals surface area (Å²) in [6, 6.07) is 5.07. The van der Waals surface area contributed by atoms with Crippen LogP contribution in [0, 0.1) is 5.82 Å². The minimum Gasteiger partial charge on any atom is -0.393 e. The summed E-state index contributed by atoms with van der Waals surface area (Å²) in [6.45, 7) is 0. The van der Waals surface area contributed by atoms with E-state index in [0.29, 0.717) is 16.7 Å². The third kappa shape index (κ3) is 2.51. The van der Waals surface area contributed by atoms with E-state index in [1.165, 1.54) is 12.4 Å². The van der Waals surface area contributed by atoms with Crippen LogP contribution in [0.15, 0.2) is 24.5 Å². The number of rotatable bonds is 2. The molecule has 1 saturated carbocycles. The average molecular weight is 261 g/mol. The third-order valence-corrected chi connectivity index (χ3v) is 3.65. The molecule has 0 radical (unpaired) electrons. The molecule has 1 aromatic heterocycles. The molecule has 5 heteroatoms. The Balaban J connectivity index is 1.88. The van der Waals surface area contributed by atoms with Gasteiger partial charge in [0.05, 0.1) is 17.0 Å². The van der Waals surface area contributed by atoms with Crippen LogP contribution in [-0.4, -0.2) is 27.2 Å². The summed E-state index contributed by atoms with van der Waals surface area (Å²) in [4.78, 5) is 8.23. The Kier molecular flexibility index (Phi) is 3.29. The number of anilines is 1. The van der Waals surface area contributed by atoms with Gasteiger partial charge in [-0.2, -0.15) is 0 Å². The molecule has 0 amide bonds. The summed E-state index contributed by atoms with van der Waals surface area (Å²) >= 11 is 0. The predicted octanol–water partition coefficient (Wildman–Crippen LogP) is 2.48. The van der Waals surface area contributed by atoms with Gasteiger partial charge in [-0.15, -0.1) is 0 Å². The number of halogens is 1. The summed E-state index contributed by atoms with van der Waals surface area (Å²) in [5.41, 5.74) is 0.605. The van der Waals surface area contributed by atoms with E-state index >= 15 is 0 Å². The van der Waals surface area contributed by atoms with Crippen LogP contribution in [0.1, 0.15) is 25.7 Å². The van der Waals surface area contributed by atoms with E-state index < -0.39 is 0 Å². The summed E-state index contributed by atoms with van der Waals surface area (Å²) < 4.78 is 13.9. The first-order valence-electron chi connectivity index (χ1n) is 6.58. The number of aliphatic hydroxyl groups is 1. The van der Waals surface area contributed by atoms with E-state index in [9.17, 15) is 9.50 Å². The molecule has 19 heavy (non-hydrogen) atoms. The molecular weight excluding hydrogens is 245 g/mol. The number of aliphatic hydroxyl groups excluding tert-OH is 1. The fourth-order valence-electron chi connectivity index (χ4n) is 2.59. The molecule has 1 fully saturated rings.